The highest BCUT2D eigenvalue weighted by molar-refractivity contribution is 6.07. The number of hydrogen-bond donors (Lipinski definition) is 2. The van der Waals surface area contributed by atoms with Gasteiger partial charge >= 0.3 is 17.7 Å². The molecule has 1 saturated heterocycles. The summed E-state index contributed by atoms with van der Waals surface area (Å²) in [5.41, 5.74) is 3.54. The SMILES string of the molecule is CCOC(=O)c1ccccc1NC(=O)Nc1cc2c(cc1N1CCCCC1)n(C)c(=O)n2C. The monoisotopic (exact) mass is 451 g/mol. The molecule has 1 aromatic heterocycles. The van der Waals surface area contributed by atoms with Gasteiger partial charge < -0.3 is 20.3 Å². The normalized spacial score (nSPS) is 13.7. The van der Waals surface area contributed by atoms with Crippen molar-refractivity contribution in [2.45, 2.75) is 26.2 Å². The lowest BCUT2D eigenvalue weighted by Crippen LogP contribution is -2.31. The van der Waals surface area contributed by atoms with Crippen LogP contribution < -0.4 is 21.2 Å². The van der Waals surface area contributed by atoms with Crippen molar-refractivity contribution in [1.82, 2.24) is 9.13 Å². The highest BCUT2D eigenvalue weighted by Gasteiger charge is 2.21. The molecule has 0 unspecified atom stereocenters. The van der Waals surface area contributed by atoms with Crippen LogP contribution in [0.25, 0.3) is 11.0 Å². The Balaban J connectivity index is 1.68. The standard InChI is InChI=1S/C24H29N5O4/c1-4-33-22(30)16-10-6-7-11-17(16)25-23(31)26-18-14-20-21(28(3)24(32)27(20)2)15-19(18)29-12-8-5-9-13-29/h6-7,10-11,14-15H,4-5,8-9,12-13H2,1-3H3,(H2,25,26,31). The van der Waals surface area contributed by atoms with E-state index in [9.17, 15) is 14.4 Å². The minimum atomic E-state index is -0.497. The largest absolute Gasteiger partial charge is 0.462 e. The molecular weight excluding hydrogens is 422 g/mol. The van der Waals surface area contributed by atoms with Gasteiger partial charge in [-0.05, 0) is 50.5 Å². The molecule has 33 heavy (non-hydrogen) atoms. The van der Waals surface area contributed by atoms with Crippen LogP contribution in [0.15, 0.2) is 41.2 Å². The summed E-state index contributed by atoms with van der Waals surface area (Å²) in [6, 6.07) is 10.0. The number of imidazole rings is 1. The first kappa shape index (κ1) is 22.4. The number of piperidine rings is 1. The number of esters is 1. The molecule has 2 heterocycles. The number of ether oxygens (including phenoxy) is 1. The fourth-order valence-electron chi connectivity index (χ4n) is 4.29. The molecule has 0 bridgehead atoms. The zero-order valence-corrected chi connectivity index (χ0v) is 19.2. The molecule has 0 aliphatic carbocycles. The van der Waals surface area contributed by atoms with E-state index in [1.807, 2.05) is 12.1 Å². The van der Waals surface area contributed by atoms with Crippen molar-refractivity contribution < 1.29 is 14.3 Å². The molecule has 1 aliphatic heterocycles. The zero-order valence-electron chi connectivity index (χ0n) is 19.2. The number of hydrogen-bond acceptors (Lipinski definition) is 5. The Bertz CT molecular complexity index is 1250. The molecule has 0 saturated carbocycles. The number of para-hydroxylation sites is 1. The Morgan fingerprint density at radius 2 is 1.58 bits per heavy atom. The molecule has 0 spiro atoms. The molecule has 0 atom stereocenters. The lowest BCUT2D eigenvalue weighted by atomic mass is 10.1. The number of fused-ring (bicyclic) bond motifs is 1. The zero-order chi connectivity index (χ0) is 23.5. The number of aryl methyl sites for hydroxylation is 2. The van der Waals surface area contributed by atoms with Crippen molar-refractivity contribution in [3.8, 4) is 0 Å². The predicted octanol–water partition coefficient (Wildman–Crippen LogP) is 3.69. The van der Waals surface area contributed by atoms with Crippen LogP contribution in [0, 0.1) is 0 Å². The predicted molar refractivity (Wildman–Crippen MR) is 129 cm³/mol. The maximum absolute atomic E-state index is 13.0. The second-order valence-corrected chi connectivity index (χ2v) is 8.15. The van der Waals surface area contributed by atoms with E-state index in [0.717, 1.165) is 42.7 Å². The number of nitrogens with zero attached hydrogens (tertiary/aromatic N) is 3. The quantitative estimate of drug-likeness (QED) is 0.577. The third-order valence-electron chi connectivity index (χ3n) is 6.01. The van der Waals surface area contributed by atoms with Gasteiger partial charge in [0.25, 0.3) is 0 Å². The fourth-order valence-corrected chi connectivity index (χ4v) is 4.29. The smallest absolute Gasteiger partial charge is 0.340 e. The maximum atomic E-state index is 13.0. The third kappa shape index (κ3) is 4.44. The first-order chi connectivity index (χ1) is 15.9. The highest BCUT2D eigenvalue weighted by Crippen LogP contribution is 2.33. The van der Waals surface area contributed by atoms with Gasteiger partial charge in [-0.1, -0.05) is 12.1 Å². The number of aromatic nitrogens is 2. The Labute approximate surface area is 191 Å². The van der Waals surface area contributed by atoms with Crippen LogP contribution in [-0.4, -0.2) is 40.8 Å². The summed E-state index contributed by atoms with van der Waals surface area (Å²) >= 11 is 0. The average molecular weight is 452 g/mol. The van der Waals surface area contributed by atoms with Crippen molar-refractivity contribution >= 4 is 40.1 Å². The fraction of sp³-hybridized carbons (Fsp3) is 0.375. The van der Waals surface area contributed by atoms with Crippen molar-refractivity contribution in [3.05, 3.63) is 52.4 Å². The van der Waals surface area contributed by atoms with E-state index in [0.29, 0.717) is 11.4 Å². The number of amides is 2. The minimum absolute atomic E-state index is 0.125. The summed E-state index contributed by atoms with van der Waals surface area (Å²) in [6.07, 6.45) is 3.32. The van der Waals surface area contributed by atoms with E-state index in [4.69, 9.17) is 4.74 Å². The number of carbonyl (C=O) groups is 2. The second-order valence-electron chi connectivity index (χ2n) is 8.15. The van der Waals surface area contributed by atoms with Gasteiger partial charge in [-0.2, -0.15) is 0 Å². The van der Waals surface area contributed by atoms with Gasteiger partial charge in [0.05, 0.1) is 40.3 Å². The molecule has 1 aliphatic rings. The average Bonchev–Trinajstić information content (AvgIpc) is 3.03. The number of rotatable bonds is 5. The van der Waals surface area contributed by atoms with Crippen molar-refractivity contribution in [2.75, 3.05) is 35.2 Å². The Kier molecular flexibility index (Phi) is 6.39. The summed E-state index contributed by atoms with van der Waals surface area (Å²) in [5, 5.41) is 5.70. The van der Waals surface area contributed by atoms with E-state index < -0.39 is 12.0 Å². The van der Waals surface area contributed by atoms with Crippen LogP contribution in [0.2, 0.25) is 0 Å². The molecule has 174 valence electrons. The summed E-state index contributed by atoms with van der Waals surface area (Å²) in [7, 11) is 3.46. The van der Waals surface area contributed by atoms with E-state index in [1.54, 1.807) is 54.4 Å². The van der Waals surface area contributed by atoms with Gasteiger partial charge in [-0.25, -0.2) is 14.4 Å². The molecule has 4 rings (SSSR count). The van der Waals surface area contributed by atoms with Crippen LogP contribution in [0.1, 0.15) is 36.5 Å². The summed E-state index contributed by atoms with van der Waals surface area (Å²) in [5.74, 6) is -0.497. The van der Waals surface area contributed by atoms with E-state index in [-0.39, 0.29) is 17.9 Å². The lowest BCUT2D eigenvalue weighted by Gasteiger charge is -2.30. The first-order valence-corrected chi connectivity index (χ1v) is 11.2. The molecular formula is C24H29N5O4. The Hall–Kier alpha value is -3.75. The Morgan fingerprint density at radius 1 is 0.939 bits per heavy atom. The molecule has 9 nitrogen and oxygen atoms in total. The van der Waals surface area contributed by atoms with Gasteiger partial charge in [0.2, 0.25) is 0 Å². The third-order valence-corrected chi connectivity index (χ3v) is 6.01. The molecule has 0 radical (unpaired) electrons. The van der Waals surface area contributed by atoms with Gasteiger partial charge in [-0.3, -0.25) is 9.13 Å². The number of anilines is 3. The lowest BCUT2D eigenvalue weighted by molar-refractivity contribution is 0.0527. The van der Waals surface area contributed by atoms with Crippen LogP contribution in [0.3, 0.4) is 0 Å². The Morgan fingerprint density at radius 3 is 2.27 bits per heavy atom. The summed E-state index contributed by atoms with van der Waals surface area (Å²) in [4.78, 5) is 39.9. The van der Waals surface area contributed by atoms with Crippen molar-refractivity contribution in [1.29, 1.82) is 0 Å². The van der Waals surface area contributed by atoms with Crippen LogP contribution in [0.5, 0.6) is 0 Å². The second kappa shape index (κ2) is 9.40. The molecule has 1 fully saturated rings. The van der Waals surface area contributed by atoms with E-state index in [1.165, 1.54) is 6.42 Å². The van der Waals surface area contributed by atoms with Gasteiger partial charge in [0.1, 0.15) is 0 Å². The van der Waals surface area contributed by atoms with Crippen molar-refractivity contribution in [3.63, 3.8) is 0 Å². The summed E-state index contributed by atoms with van der Waals surface area (Å²) in [6.45, 7) is 3.74. The minimum Gasteiger partial charge on any atom is -0.462 e. The number of urea groups is 1. The van der Waals surface area contributed by atoms with Gasteiger partial charge in [-0.15, -0.1) is 0 Å². The molecule has 2 aromatic carbocycles. The van der Waals surface area contributed by atoms with E-state index >= 15 is 0 Å². The van der Waals surface area contributed by atoms with Gasteiger partial charge in [0, 0.05) is 27.2 Å². The van der Waals surface area contributed by atoms with E-state index in [2.05, 4.69) is 15.5 Å². The topological polar surface area (TPSA) is 97.6 Å². The maximum Gasteiger partial charge on any atom is 0.340 e. The molecule has 2 amide bonds. The van der Waals surface area contributed by atoms with Gasteiger partial charge in [0.15, 0.2) is 0 Å². The highest BCUT2D eigenvalue weighted by atomic mass is 16.5. The first-order valence-electron chi connectivity index (χ1n) is 11.2. The number of benzene rings is 2. The van der Waals surface area contributed by atoms with Crippen LogP contribution in [0.4, 0.5) is 21.9 Å². The number of carbonyl (C=O) groups excluding carboxylic acids is 2. The molecule has 3 aromatic rings. The molecule has 2 N–H and O–H groups in total. The van der Waals surface area contributed by atoms with Crippen molar-refractivity contribution in [2.24, 2.45) is 14.1 Å². The van der Waals surface area contributed by atoms with Crippen LogP contribution >= 0.6 is 0 Å². The van der Waals surface area contributed by atoms with Crippen LogP contribution in [-0.2, 0) is 18.8 Å². The summed E-state index contributed by atoms with van der Waals surface area (Å²) < 4.78 is 8.27. The number of nitrogens with one attached hydrogen (secondary N) is 2. The molecule has 9 heteroatoms.